The highest BCUT2D eigenvalue weighted by atomic mass is 32.2. The summed E-state index contributed by atoms with van der Waals surface area (Å²) in [6.45, 7) is 2.48. The Hall–Kier alpha value is 0.270. The number of nitrogens with one attached hydrogen (secondary N) is 1. The summed E-state index contributed by atoms with van der Waals surface area (Å²) >= 11 is 2.09. The second-order valence-electron chi connectivity index (χ2n) is 5.09. The number of unbranched alkanes of at least 4 members (excludes halogenated alkanes) is 4. The number of hydrogen-bond donors (Lipinski definition) is 1. The van der Waals surface area contributed by atoms with Crippen molar-refractivity contribution in [1.82, 2.24) is 10.2 Å². The van der Waals surface area contributed by atoms with Gasteiger partial charge in [0.25, 0.3) is 0 Å². The van der Waals surface area contributed by atoms with Gasteiger partial charge < -0.3 is 10.2 Å². The summed E-state index contributed by atoms with van der Waals surface area (Å²) in [6, 6.07) is 0.818. The van der Waals surface area contributed by atoms with Crippen molar-refractivity contribution in [2.45, 2.75) is 44.6 Å². The third-order valence-electron chi connectivity index (χ3n) is 3.14. The lowest BCUT2D eigenvalue weighted by molar-refractivity contribution is 0.389. The summed E-state index contributed by atoms with van der Waals surface area (Å²) in [7, 11) is 4.31. The number of nitrogens with zero attached hydrogens (tertiary/aromatic N) is 1. The Bertz CT molecular complexity index is 156. The first-order valence-corrected chi connectivity index (χ1v) is 7.90. The lowest BCUT2D eigenvalue weighted by Gasteiger charge is -2.11. The van der Waals surface area contributed by atoms with E-state index in [4.69, 9.17) is 0 Å². The highest BCUT2D eigenvalue weighted by Crippen LogP contribution is 2.16. The summed E-state index contributed by atoms with van der Waals surface area (Å²) in [5, 5.41) is 3.66. The van der Waals surface area contributed by atoms with Crippen LogP contribution in [0.3, 0.4) is 0 Å². The van der Waals surface area contributed by atoms with E-state index in [1.54, 1.807) is 0 Å². The van der Waals surface area contributed by atoms with E-state index < -0.39 is 0 Å². The maximum absolute atomic E-state index is 3.66. The monoisotopic (exact) mass is 244 g/mol. The van der Waals surface area contributed by atoms with Crippen LogP contribution in [0.4, 0.5) is 0 Å². The van der Waals surface area contributed by atoms with Gasteiger partial charge in [0.05, 0.1) is 0 Å². The van der Waals surface area contributed by atoms with E-state index in [0.717, 1.165) is 6.04 Å². The second-order valence-corrected chi connectivity index (χ2v) is 6.24. The standard InChI is InChI=1S/C13H28N2S/c1-15(2)10-7-5-3-4-6-9-14-13-8-11-16-12-13/h13-14H,3-12H2,1-2H3. The van der Waals surface area contributed by atoms with Crippen LogP contribution in [0.15, 0.2) is 0 Å². The van der Waals surface area contributed by atoms with Gasteiger partial charge in [0.2, 0.25) is 0 Å². The van der Waals surface area contributed by atoms with Crippen molar-refractivity contribution in [2.24, 2.45) is 0 Å². The molecule has 0 aliphatic carbocycles. The van der Waals surface area contributed by atoms with Crippen molar-refractivity contribution >= 4 is 11.8 Å². The first-order valence-electron chi connectivity index (χ1n) is 6.75. The van der Waals surface area contributed by atoms with Crippen molar-refractivity contribution in [3.8, 4) is 0 Å². The molecule has 1 aliphatic heterocycles. The molecule has 0 aromatic rings. The molecule has 0 saturated carbocycles. The van der Waals surface area contributed by atoms with Crippen LogP contribution in [-0.4, -0.2) is 49.6 Å². The largest absolute Gasteiger partial charge is 0.313 e. The van der Waals surface area contributed by atoms with Gasteiger partial charge >= 0.3 is 0 Å². The molecule has 3 heteroatoms. The fraction of sp³-hybridized carbons (Fsp3) is 1.00. The summed E-state index contributed by atoms with van der Waals surface area (Å²) in [6.07, 6.45) is 8.32. The molecule has 96 valence electrons. The molecule has 0 aromatic heterocycles. The first-order chi connectivity index (χ1) is 7.79. The summed E-state index contributed by atoms with van der Waals surface area (Å²) in [4.78, 5) is 2.28. The van der Waals surface area contributed by atoms with E-state index in [9.17, 15) is 0 Å². The van der Waals surface area contributed by atoms with Gasteiger partial charge in [-0.25, -0.2) is 0 Å². The van der Waals surface area contributed by atoms with Gasteiger partial charge in [-0.3, -0.25) is 0 Å². The molecule has 1 heterocycles. The first kappa shape index (κ1) is 14.3. The fourth-order valence-corrected chi connectivity index (χ4v) is 3.27. The van der Waals surface area contributed by atoms with E-state index >= 15 is 0 Å². The van der Waals surface area contributed by atoms with Crippen molar-refractivity contribution in [2.75, 3.05) is 38.7 Å². The zero-order valence-electron chi connectivity index (χ0n) is 11.0. The smallest absolute Gasteiger partial charge is 0.0166 e. The molecule has 0 bridgehead atoms. The van der Waals surface area contributed by atoms with Gasteiger partial charge in [0.1, 0.15) is 0 Å². The molecule has 1 unspecified atom stereocenters. The maximum Gasteiger partial charge on any atom is 0.0166 e. The van der Waals surface area contributed by atoms with Crippen LogP contribution in [0, 0.1) is 0 Å². The van der Waals surface area contributed by atoms with Crippen LogP contribution in [0.2, 0.25) is 0 Å². The van der Waals surface area contributed by atoms with Crippen LogP contribution in [0.25, 0.3) is 0 Å². The molecule has 0 radical (unpaired) electrons. The van der Waals surface area contributed by atoms with Crippen molar-refractivity contribution < 1.29 is 0 Å². The Labute approximate surface area is 106 Å². The second kappa shape index (κ2) is 9.32. The number of hydrogen-bond acceptors (Lipinski definition) is 3. The topological polar surface area (TPSA) is 15.3 Å². The molecule has 1 fully saturated rings. The van der Waals surface area contributed by atoms with Gasteiger partial charge in [-0.2, -0.15) is 11.8 Å². The van der Waals surface area contributed by atoms with Crippen LogP contribution < -0.4 is 5.32 Å². The highest BCUT2D eigenvalue weighted by Gasteiger charge is 2.13. The minimum Gasteiger partial charge on any atom is -0.313 e. The van der Waals surface area contributed by atoms with Crippen molar-refractivity contribution in [3.05, 3.63) is 0 Å². The maximum atomic E-state index is 3.66. The van der Waals surface area contributed by atoms with Gasteiger partial charge in [-0.05, 0) is 52.2 Å². The van der Waals surface area contributed by atoms with Crippen LogP contribution in [0.5, 0.6) is 0 Å². The van der Waals surface area contributed by atoms with Gasteiger partial charge in [-0.1, -0.05) is 19.3 Å². The average molecular weight is 244 g/mol. The normalized spacial score (nSPS) is 20.8. The molecule has 1 aliphatic rings. The quantitative estimate of drug-likeness (QED) is 0.628. The molecular weight excluding hydrogens is 216 g/mol. The van der Waals surface area contributed by atoms with Crippen molar-refractivity contribution in [3.63, 3.8) is 0 Å². The lowest BCUT2D eigenvalue weighted by atomic mass is 10.1. The Balaban J connectivity index is 1.74. The zero-order chi connectivity index (χ0) is 11.6. The Kier molecular flexibility index (Phi) is 8.34. The summed E-state index contributed by atoms with van der Waals surface area (Å²) < 4.78 is 0. The molecule has 16 heavy (non-hydrogen) atoms. The number of thioether (sulfide) groups is 1. The average Bonchev–Trinajstić information content (AvgIpc) is 2.74. The van der Waals surface area contributed by atoms with Crippen LogP contribution in [-0.2, 0) is 0 Å². The van der Waals surface area contributed by atoms with E-state index in [1.165, 1.54) is 63.1 Å². The van der Waals surface area contributed by atoms with Gasteiger partial charge in [-0.15, -0.1) is 0 Å². The predicted octanol–water partition coefficient (Wildman–Crippen LogP) is 2.59. The Morgan fingerprint density at radius 3 is 2.56 bits per heavy atom. The van der Waals surface area contributed by atoms with E-state index in [0.29, 0.717) is 0 Å². The minimum atomic E-state index is 0.818. The highest BCUT2D eigenvalue weighted by molar-refractivity contribution is 7.99. The number of rotatable bonds is 9. The molecule has 0 spiro atoms. The summed E-state index contributed by atoms with van der Waals surface area (Å²) in [5.74, 6) is 2.70. The van der Waals surface area contributed by atoms with Crippen LogP contribution >= 0.6 is 11.8 Å². The zero-order valence-corrected chi connectivity index (χ0v) is 11.8. The fourth-order valence-electron chi connectivity index (χ4n) is 2.09. The molecule has 1 N–H and O–H groups in total. The molecular formula is C13H28N2S. The predicted molar refractivity (Wildman–Crippen MR) is 75.4 cm³/mol. The van der Waals surface area contributed by atoms with Gasteiger partial charge in [0.15, 0.2) is 0 Å². The van der Waals surface area contributed by atoms with Crippen LogP contribution in [0.1, 0.15) is 38.5 Å². The van der Waals surface area contributed by atoms with Gasteiger partial charge in [0, 0.05) is 11.8 Å². The third kappa shape index (κ3) is 7.53. The van der Waals surface area contributed by atoms with E-state index in [2.05, 4.69) is 36.1 Å². The Morgan fingerprint density at radius 2 is 1.88 bits per heavy atom. The molecule has 1 rings (SSSR count). The Morgan fingerprint density at radius 1 is 1.12 bits per heavy atom. The lowest BCUT2D eigenvalue weighted by Crippen LogP contribution is -2.29. The molecule has 0 amide bonds. The minimum absolute atomic E-state index is 0.818. The SMILES string of the molecule is CN(C)CCCCCCCNC1CCSC1. The van der Waals surface area contributed by atoms with E-state index in [1.807, 2.05) is 0 Å². The molecule has 0 aromatic carbocycles. The molecule has 1 saturated heterocycles. The van der Waals surface area contributed by atoms with Crippen molar-refractivity contribution in [1.29, 1.82) is 0 Å². The third-order valence-corrected chi connectivity index (χ3v) is 4.31. The van der Waals surface area contributed by atoms with E-state index in [-0.39, 0.29) is 0 Å². The summed E-state index contributed by atoms with van der Waals surface area (Å²) in [5.41, 5.74) is 0. The molecule has 1 atom stereocenters. The molecule has 2 nitrogen and oxygen atoms in total.